The average Bonchev–Trinajstić information content (AvgIpc) is 3.47. The molecule has 0 bridgehead atoms. The molecule has 0 radical (unpaired) electrons. The second-order valence-corrected chi connectivity index (χ2v) is 49.8. The van der Waals surface area contributed by atoms with Crippen LogP contribution < -0.4 is 3.87 Å². The third-order valence-corrected chi connectivity index (χ3v) is 31.2. The minimum absolute atomic E-state index is 0.321. The average molecular weight is 521 g/mol. The van der Waals surface area contributed by atoms with Crippen molar-refractivity contribution in [3.05, 3.63) is 137 Å². The van der Waals surface area contributed by atoms with Crippen LogP contribution in [0.5, 0.6) is 0 Å². The van der Waals surface area contributed by atoms with Crippen LogP contribution in [0.4, 0.5) is 0 Å². The van der Waals surface area contributed by atoms with Crippen LogP contribution in [0.3, 0.4) is 0 Å². The molecule has 2 unspecified atom stereocenters. The minimum atomic E-state index is -4.83. The van der Waals surface area contributed by atoms with E-state index in [2.05, 4.69) is 152 Å². The van der Waals surface area contributed by atoms with E-state index in [4.69, 9.17) is 0 Å². The molecule has 6 rings (SSSR count). The van der Waals surface area contributed by atoms with Gasteiger partial charge in [-0.2, -0.15) is 0 Å². The van der Waals surface area contributed by atoms with Gasteiger partial charge in [-0.15, -0.1) is 0 Å². The molecule has 0 nitrogen and oxygen atoms in total. The summed E-state index contributed by atoms with van der Waals surface area (Å²) in [6.45, 7) is 2.38. The van der Waals surface area contributed by atoms with Crippen molar-refractivity contribution in [2.24, 2.45) is 0 Å². The summed E-state index contributed by atoms with van der Waals surface area (Å²) in [7, 11) is 2.39. The summed E-state index contributed by atoms with van der Waals surface area (Å²) < 4.78 is 2.22. The summed E-state index contributed by atoms with van der Waals surface area (Å²) in [4.78, 5) is 0. The third-order valence-electron chi connectivity index (χ3n) is 10.2. The van der Waals surface area contributed by atoms with Gasteiger partial charge in [-0.3, -0.25) is 0 Å². The van der Waals surface area contributed by atoms with Crippen molar-refractivity contribution >= 4 is 23.7 Å². The number of benzene rings is 4. The van der Waals surface area contributed by atoms with Gasteiger partial charge in [0.15, 0.2) is 0 Å². The van der Waals surface area contributed by atoms with Gasteiger partial charge < -0.3 is 0 Å². The Balaban J connectivity index is 1.72. The third kappa shape index (κ3) is 2.91. The molecule has 2 heteroatoms. The zero-order valence-electron chi connectivity index (χ0n) is 21.9. The number of hydrogen-bond acceptors (Lipinski definition) is 0. The van der Waals surface area contributed by atoms with Crippen LogP contribution >= 0.6 is 0 Å². The zero-order valence-corrected chi connectivity index (χ0v) is 24.9. The predicted molar refractivity (Wildman–Crippen MR) is 159 cm³/mol. The van der Waals surface area contributed by atoms with E-state index in [1.54, 1.807) is 0 Å². The Bertz CT molecular complexity index is 1710. The van der Waals surface area contributed by atoms with Crippen LogP contribution in [0.25, 0.3) is 23.3 Å². The molecule has 0 saturated carbocycles. The van der Waals surface area contributed by atoms with Crippen molar-refractivity contribution < 1.29 is 11.5 Å². The fraction of sp³-hybridized carbons (Fsp3) is 0.176. The van der Waals surface area contributed by atoms with Crippen LogP contribution in [-0.2, 0) is 11.5 Å². The van der Waals surface area contributed by atoms with Gasteiger partial charge in [-0.25, -0.2) is 0 Å². The summed E-state index contributed by atoms with van der Waals surface area (Å²) in [5.74, 6) is 0. The van der Waals surface area contributed by atoms with Crippen molar-refractivity contribution in [2.45, 2.75) is 31.1 Å². The van der Waals surface area contributed by atoms with Gasteiger partial charge in [0.25, 0.3) is 0 Å². The number of allylic oxidation sites excluding steroid dienone is 2. The van der Waals surface area contributed by atoms with Gasteiger partial charge in [0.2, 0.25) is 0 Å². The molecule has 36 heavy (non-hydrogen) atoms. The van der Waals surface area contributed by atoms with Crippen LogP contribution in [0.1, 0.15) is 37.6 Å². The zero-order chi connectivity index (χ0) is 25.3. The van der Waals surface area contributed by atoms with E-state index < -0.39 is 11.5 Å². The van der Waals surface area contributed by atoms with E-state index in [1.165, 1.54) is 42.8 Å². The maximum absolute atomic E-state index is 4.83. The van der Waals surface area contributed by atoms with E-state index >= 15 is 0 Å². The van der Waals surface area contributed by atoms with Crippen LogP contribution in [0.2, 0.25) is 15.7 Å². The van der Waals surface area contributed by atoms with Gasteiger partial charge in [-0.1, -0.05) is 0 Å². The van der Waals surface area contributed by atoms with Crippen molar-refractivity contribution in [3.63, 3.8) is 0 Å². The Hall–Kier alpha value is -2.71. The van der Waals surface area contributed by atoms with E-state index in [-0.39, 0.29) is 0 Å². The second-order valence-electron chi connectivity index (χ2n) is 14.4. The molecule has 0 heterocycles. The standard InChI is InChI=1S/C15H11.C10H9.C6H5.3CH3.H2Si.Ti/c1-2-6-12(7-3-1)14-10-4-8-13-9-5-11-15(13)14;1-8-6-9-4-2-3-5-10(9)7-8;1-2-4-6-5-3-1;;;;;/h1-11H;2-7H,1H3;1-5H;3*1H3;1H2;. The maximum atomic E-state index is 2.73. The Morgan fingerprint density at radius 2 is 1.28 bits per heavy atom. The molecule has 0 aliphatic heterocycles. The van der Waals surface area contributed by atoms with Gasteiger partial charge in [0, 0.05) is 0 Å². The van der Waals surface area contributed by atoms with Crippen LogP contribution in [0.15, 0.2) is 115 Å². The quantitative estimate of drug-likeness (QED) is 0.237. The number of rotatable bonds is 4. The molecule has 0 aromatic heterocycles. The van der Waals surface area contributed by atoms with Crippen molar-refractivity contribution in [2.75, 3.05) is 0 Å². The van der Waals surface area contributed by atoms with E-state index in [0.29, 0.717) is 8.45 Å². The first kappa shape index (κ1) is 23.7. The van der Waals surface area contributed by atoms with Gasteiger partial charge >= 0.3 is 214 Å². The molecule has 0 N–H and O–H groups in total. The second kappa shape index (κ2) is 6.78. The normalized spacial score (nSPS) is 21.4. The number of fused-ring (bicyclic) bond motifs is 2. The first-order valence-corrected chi connectivity index (χ1v) is 24.5. The van der Waals surface area contributed by atoms with Crippen molar-refractivity contribution in [3.8, 4) is 11.1 Å². The van der Waals surface area contributed by atoms with E-state index in [9.17, 15) is 0 Å². The Labute approximate surface area is 213 Å². The molecule has 4 aromatic rings. The topological polar surface area (TPSA) is 0 Å². The van der Waals surface area contributed by atoms with Crippen LogP contribution in [-0.4, -0.2) is 7.63 Å². The van der Waals surface area contributed by atoms with Crippen molar-refractivity contribution in [1.29, 1.82) is 0 Å². The summed E-state index contributed by atoms with van der Waals surface area (Å²) in [5.41, 5.74) is 9.88. The molecule has 180 valence electrons. The first-order chi connectivity index (χ1) is 17.0. The van der Waals surface area contributed by atoms with Crippen molar-refractivity contribution in [1.82, 2.24) is 0 Å². The van der Waals surface area contributed by atoms with Gasteiger partial charge in [0.1, 0.15) is 0 Å². The van der Waals surface area contributed by atoms with E-state index in [0.717, 1.165) is 0 Å². The Morgan fingerprint density at radius 1 is 0.667 bits per heavy atom. The molecule has 2 atom stereocenters. The molecule has 4 aromatic carbocycles. The van der Waals surface area contributed by atoms with E-state index in [1.807, 2.05) is 0 Å². The molecule has 0 spiro atoms. The molecule has 2 aliphatic rings. The monoisotopic (exact) mass is 520 g/mol. The Morgan fingerprint density at radius 3 is 2.00 bits per heavy atom. The Kier molecular flexibility index (Phi) is 4.46. The molecular formula is C34H36SiTi. The molecular weight excluding hydrogens is 484 g/mol. The van der Waals surface area contributed by atoms with Crippen LogP contribution in [0, 0.1) is 0 Å². The fourth-order valence-electron chi connectivity index (χ4n) is 8.50. The molecule has 2 aliphatic carbocycles. The molecule has 0 amide bonds. The first-order valence-electron chi connectivity index (χ1n) is 13.2. The predicted octanol–water partition coefficient (Wildman–Crippen LogP) is 8.36. The fourth-order valence-corrected chi connectivity index (χ4v) is 28.2. The van der Waals surface area contributed by atoms with Gasteiger partial charge in [0.05, 0.1) is 0 Å². The summed E-state index contributed by atoms with van der Waals surface area (Å²) >= 11 is -4.83. The summed E-state index contributed by atoms with van der Waals surface area (Å²) in [6.07, 6.45) is 7.45. The number of hydrogen-bond donors (Lipinski definition) is 0. The SMILES string of the molecule is CC1=Cc2ccccc2[CH]1[Ti]([CH3])([CH3])([CH3])(=[SiH2])([c]1ccccc1)[CH]1C=Cc2c(-c3ccccc3)cccc21. The van der Waals surface area contributed by atoms with Gasteiger partial charge in [-0.05, 0) is 0 Å². The summed E-state index contributed by atoms with van der Waals surface area (Å²) in [5, 5.41) is 8.19. The molecule has 0 saturated heterocycles. The summed E-state index contributed by atoms with van der Waals surface area (Å²) in [6, 6.07) is 38.5. The molecule has 0 fully saturated rings.